The van der Waals surface area contributed by atoms with E-state index in [1.54, 1.807) is 24.3 Å². The standard InChI is InChI=1S/C19H20ClN3O2/c20-16-6-8-17(9-7-16)21-18(24)14-22-10-12-23(13-11-22)19(25)15-4-2-1-3-5-15/h1-9H,10-14H2,(H,21,24)/p+1. The smallest absolute Gasteiger partial charge is 0.279 e. The van der Waals surface area contributed by atoms with Gasteiger partial charge in [0.1, 0.15) is 0 Å². The van der Waals surface area contributed by atoms with Crippen LogP contribution in [0.25, 0.3) is 0 Å². The molecule has 0 bridgehead atoms. The van der Waals surface area contributed by atoms with Crippen LogP contribution in [0.1, 0.15) is 10.4 Å². The first kappa shape index (κ1) is 17.5. The largest absolute Gasteiger partial charge is 0.327 e. The van der Waals surface area contributed by atoms with Crippen LogP contribution < -0.4 is 10.2 Å². The van der Waals surface area contributed by atoms with Gasteiger partial charge in [0.05, 0.1) is 26.2 Å². The molecule has 130 valence electrons. The van der Waals surface area contributed by atoms with Gasteiger partial charge < -0.3 is 15.1 Å². The highest BCUT2D eigenvalue weighted by Crippen LogP contribution is 2.13. The predicted molar refractivity (Wildman–Crippen MR) is 98.0 cm³/mol. The summed E-state index contributed by atoms with van der Waals surface area (Å²) in [6.07, 6.45) is 0. The molecule has 2 amide bonds. The number of piperazine rings is 1. The van der Waals surface area contributed by atoms with Crippen molar-refractivity contribution in [3.8, 4) is 0 Å². The molecule has 3 rings (SSSR count). The average Bonchev–Trinajstić information content (AvgIpc) is 2.64. The number of nitrogens with zero attached hydrogens (tertiary/aromatic N) is 1. The molecule has 6 heteroatoms. The van der Waals surface area contributed by atoms with Crippen molar-refractivity contribution in [1.29, 1.82) is 0 Å². The van der Waals surface area contributed by atoms with Gasteiger partial charge in [0.25, 0.3) is 11.8 Å². The van der Waals surface area contributed by atoms with Crippen LogP contribution in [0.4, 0.5) is 5.69 Å². The van der Waals surface area contributed by atoms with E-state index in [2.05, 4.69) is 5.32 Å². The normalized spacial score (nSPS) is 15.0. The summed E-state index contributed by atoms with van der Waals surface area (Å²) in [4.78, 5) is 27.6. The molecule has 2 aromatic carbocycles. The second-order valence-electron chi connectivity index (χ2n) is 6.14. The monoisotopic (exact) mass is 358 g/mol. The Morgan fingerprint density at radius 1 is 1.00 bits per heavy atom. The number of carbonyl (C=O) groups excluding carboxylic acids is 2. The fourth-order valence-electron chi connectivity index (χ4n) is 2.93. The summed E-state index contributed by atoms with van der Waals surface area (Å²) < 4.78 is 0. The SMILES string of the molecule is O=C(C[NH+]1CCN(C(=O)c2ccccc2)CC1)Nc1ccc(Cl)cc1. The van der Waals surface area contributed by atoms with Gasteiger partial charge in [-0.2, -0.15) is 0 Å². The number of benzene rings is 2. The van der Waals surface area contributed by atoms with Crippen molar-refractivity contribution in [2.24, 2.45) is 0 Å². The molecule has 0 radical (unpaired) electrons. The number of hydrogen-bond acceptors (Lipinski definition) is 2. The van der Waals surface area contributed by atoms with E-state index in [1.165, 1.54) is 4.90 Å². The minimum Gasteiger partial charge on any atom is -0.327 e. The number of quaternary nitrogens is 1. The maximum absolute atomic E-state index is 12.4. The van der Waals surface area contributed by atoms with Crippen LogP contribution >= 0.6 is 11.6 Å². The Morgan fingerprint density at radius 2 is 1.64 bits per heavy atom. The van der Waals surface area contributed by atoms with Gasteiger partial charge in [0.2, 0.25) is 0 Å². The van der Waals surface area contributed by atoms with E-state index in [0.29, 0.717) is 30.2 Å². The van der Waals surface area contributed by atoms with Crippen molar-refractivity contribution < 1.29 is 14.5 Å². The predicted octanol–water partition coefficient (Wildman–Crippen LogP) is 1.32. The van der Waals surface area contributed by atoms with E-state index < -0.39 is 0 Å². The van der Waals surface area contributed by atoms with E-state index >= 15 is 0 Å². The second kappa shape index (κ2) is 8.14. The number of nitrogens with one attached hydrogen (secondary N) is 2. The molecule has 0 aromatic heterocycles. The van der Waals surface area contributed by atoms with Gasteiger partial charge in [-0.05, 0) is 36.4 Å². The van der Waals surface area contributed by atoms with E-state index in [0.717, 1.165) is 18.8 Å². The number of carbonyl (C=O) groups is 2. The molecule has 25 heavy (non-hydrogen) atoms. The molecule has 0 spiro atoms. The molecule has 2 N–H and O–H groups in total. The van der Waals surface area contributed by atoms with Gasteiger partial charge in [-0.3, -0.25) is 9.59 Å². The molecule has 5 nitrogen and oxygen atoms in total. The highest BCUT2D eigenvalue weighted by Gasteiger charge is 2.25. The summed E-state index contributed by atoms with van der Waals surface area (Å²) in [6, 6.07) is 16.4. The first-order chi connectivity index (χ1) is 12.1. The third-order valence-corrected chi connectivity index (χ3v) is 4.57. The van der Waals surface area contributed by atoms with E-state index in [1.807, 2.05) is 35.2 Å². The van der Waals surface area contributed by atoms with Crippen LogP contribution in [-0.4, -0.2) is 49.4 Å². The highest BCUT2D eigenvalue weighted by molar-refractivity contribution is 6.30. The quantitative estimate of drug-likeness (QED) is 0.866. The molecular formula is C19H21ClN3O2+. The summed E-state index contributed by atoms with van der Waals surface area (Å²) in [5.41, 5.74) is 1.46. The fraction of sp³-hybridized carbons (Fsp3) is 0.263. The van der Waals surface area contributed by atoms with Crippen molar-refractivity contribution in [2.45, 2.75) is 0 Å². The summed E-state index contributed by atoms with van der Waals surface area (Å²) in [5.74, 6) is 0.0328. The number of halogens is 1. The average molecular weight is 359 g/mol. The van der Waals surface area contributed by atoms with E-state index in [9.17, 15) is 9.59 Å². The fourth-order valence-corrected chi connectivity index (χ4v) is 3.06. The maximum Gasteiger partial charge on any atom is 0.279 e. The molecule has 1 saturated heterocycles. The zero-order chi connectivity index (χ0) is 17.6. The highest BCUT2D eigenvalue weighted by atomic mass is 35.5. The Morgan fingerprint density at radius 3 is 2.28 bits per heavy atom. The number of anilines is 1. The molecule has 1 fully saturated rings. The van der Waals surface area contributed by atoms with Crippen molar-refractivity contribution in [2.75, 3.05) is 38.0 Å². The lowest BCUT2D eigenvalue weighted by molar-refractivity contribution is -0.895. The summed E-state index contributed by atoms with van der Waals surface area (Å²) in [7, 11) is 0. The topological polar surface area (TPSA) is 53.9 Å². The minimum atomic E-state index is -0.0276. The lowest BCUT2D eigenvalue weighted by Crippen LogP contribution is -3.15. The zero-order valence-corrected chi connectivity index (χ0v) is 14.6. The van der Waals surface area contributed by atoms with Gasteiger partial charge in [-0.15, -0.1) is 0 Å². The lowest BCUT2D eigenvalue weighted by atomic mass is 10.2. The first-order valence-corrected chi connectivity index (χ1v) is 8.73. The van der Waals surface area contributed by atoms with Gasteiger partial charge >= 0.3 is 0 Å². The van der Waals surface area contributed by atoms with Crippen molar-refractivity contribution in [1.82, 2.24) is 4.90 Å². The molecule has 2 aromatic rings. The molecule has 0 atom stereocenters. The molecule has 1 heterocycles. The van der Waals surface area contributed by atoms with Crippen LogP contribution in [0.2, 0.25) is 5.02 Å². The molecule has 1 aliphatic rings. The Bertz CT molecular complexity index is 726. The number of hydrogen-bond donors (Lipinski definition) is 2. The number of rotatable bonds is 4. The van der Waals surface area contributed by atoms with Gasteiger partial charge in [-0.25, -0.2) is 0 Å². The minimum absolute atomic E-state index is 0.0276. The Kier molecular flexibility index (Phi) is 5.68. The second-order valence-corrected chi connectivity index (χ2v) is 6.58. The first-order valence-electron chi connectivity index (χ1n) is 8.35. The third-order valence-electron chi connectivity index (χ3n) is 4.32. The van der Waals surface area contributed by atoms with Crippen molar-refractivity contribution in [3.05, 3.63) is 65.2 Å². The van der Waals surface area contributed by atoms with Crippen LogP contribution in [0.3, 0.4) is 0 Å². The van der Waals surface area contributed by atoms with Crippen LogP contribution in [0.5, 0.6) is 0 Å². The van der Waals surface area contributed by atoms with Crippen molar-refractivity contribution >= 4 is 29.1 Å². The molecule has 0 aliphatic carbocycles. The van der Waals surface area contributed by atoms with Crippen LogP contribution in [0, 0.1) is 0 Å². The summed E-state index contributed by atoms with van der Waals surface area (Å²) >= 11 is 5.84. The van der Waals surface area contributed by atoms with Crippen LogP contribution in [-0.2, 0) is 4.79 Å². The van der Waals surface area contributed by atoms with Crippen molar-refractivity contribution in [3.63, 3.8) is 0 Å². The Labute approximate surface area is 152 Å². The molecule has 1 aliphatic heterocycles. The summed E-state index contributed by atoms with van der Waals surface area (Å²) in [5, 5.41) is 3.52. The van der Waals surface area contributed by atoms with Gasteiger partial charge in [-0.1, -0.05) is 29.8 Å². The molecule has 0 saturated carbocycles. The van der Waals surface area contributed by atoms with E-state index in [-0.39, 0.29) is 11.8 Å². The van der Waals surface area contributed by atoms with E-state index in [4.69, 9.17) is 11.6 Å². The third kappa shape index (κ3) is 4.81. The van der Waals surface area contributed by atoms with Gasteiger partial charge in [0.15, 0.2) is 6.54 Å². The Balaban J connectivity index is 1.46. The molecular weight excluding hydrogens is 338 g/mol. The lowest BCUT2D eigenvalue weighted by Gasteiger charge is -2.32. The van der Waals surface area contributed by atoms with Gasteiger partial charge in [0, 0.05) is 16.3 Å². The number of amides is 2. The zero-order valence-electron chi connectivity index (χ0n) is 13.9. The summed E-state index contributed by atoms with van der Waals surface area (Å²) in [6.45, 7) is 3.27. The molecule has 0 unspecified atom stereocenters. The maximum atomic E-state index is 12.4. The Hall–Kier alpha value is -2.37. The van der Waals surface area contributed by atoms with Crippen LogP contribution in [0.15, 0.2) is 54.6 Å².